The first-order chi connectivity index (χ1) is 15.3. The Morgan fingerprint density at radius 1 is 1.19 bits per heavy atom. The van der Waals surface area contributed by atoms with Gasteiger partial charge in [-0.3, -0.25) is 9.59 Å². The number of amides is 2. The number of nitrogens with zero attached hydrogens (tertiary/aromatic N) is 1. The van der Waals surface area contributed by atoms with Crippen LogP contribution in [-0.4, -0.2) is 30.9 Å². The van der Waals surface area contributed by atoms with E-state index in [1.807, 2.05) is 37.3 Å². The van der Waals surface area contributed by atoms with Gasteiger partial charge < -0.3 is 21.3 Å². The lowest BCUT2D eigenvalue weighted by molar-refractivity contribution is -0.124. The number of primary amides is 1. The van der Waals surface area contributed by atoms with Crippen molar-refractivity contribution >= 4 is 28.9 Å². The number of nitrogens with two attached hydrogens (primary N) is 1. The lowest BCUT2D eigenvalue weighted by Gasteiger charge is -2.33. The quantitative estimate of drug-likeness (QED) is 0.643. The fourth-order valence-corrected chi connectivity index (χ4v) is 4.70. The summed E-state index contributed by atoms with van der Waals surface area (Å²) in [6.07, 6.45) is 2.94. The van der Waals surface area contributed by atoms with E-state index in [1.54, 1.807) is 6.07 Å². The molecule has 0 radical (unpaired) electrons. The number of hydrogen-bond acceptors (Lipinski definition) is 4. The van der Waals surface area contributed by atoms with E-state index >= 15 is 4.39 Å². The summed E-state index contributed by atoms with van der Waals surface area (Å²) in [5.41, 5.74) is 9.25. The Morgan fingerprint density at radius 3 is 2.53 bits per heavy atom. The minimum Gasteiger partial charge on any atom is -0.371 e. The fraction of sp³-hybridized carbons (Fsp3) is 0.440. The molecule has 2 saturated heterocycles. The Bertz CT molecular complexity index is 1000. The van der Waals surface area contributed by atoms with Gasteiger partial charge in [0.15, 0.2) is 5.82 Å². The third-order valence-electron chi connectivity index (χ3n) is 6.77. The summed E-state index contributed by atoms with van der Waals surface area (Å²) in [4.78, 5) is 25.5. The second-order valence-corrected chi connectivity index (χ2v) is 9.15. The molecule has 7 heteroatoms. The molecule has 2 fully saturated rings. The first-order valence-corrected chi connectivity index (χ1v) is 11.3. The first-order valence-electron chi connectivity index (χ1n) is 11.3. The fourth-order valence-electron chi connectivity index (χ4n) is 4.70. The number of carbonyl (C=O) groups excluding carboxylic acids is 2. The molecule has 0 spiro atoms. The van der Waals surface area contributed by atoms with Crippen LogP contribution in [0.2, 0.25) is 0 Å². The monoisotopic (exact) mass is 438 g/mol. The van der Waals surface area contributed by atoms with Crippen LogP contribution in [0.1, 0.15) is 37.3 Å². The Kier molecular flexibility index (Phi) is 6.35. The second kappa shape index (κ2) is 9.18. The number of hydrogen-bond donors (Lipinski definition) is 3. The molecule has 0 bridgehead atoms. The number of anilines is 3. The minimum absolute atomic E-state index is 0.144. The largest absolute Gasteiger partial charge is 0.371 e. The summed E-state index contributed by atoms with van der Waals surface area (Å²) in [5.74, 6) is -0.598. The van der Waals surface area contributed by atoms with E-state index < -0.39 is 11.8 Å². The zero-order valence-electron chi connectivity index (χ0n) is 18.7. The van der Waals surface area contributed by atoms with Crippen molar-refractivity contribution in [3.8, 4) is 0 Å². The first kappa shape index (κ1) is 22.1. The van der Waals surface area contributed by atoms with E-state index in [9.17, 15) is 9.59 Å². The van der Waals surface area contributed by atoms with E-state index in [-0.39, 0.29) is 24.2 Å². The minimum atomic E-state index is -0.487. The third kappa shape index (κ3) is 4.71. The van der Waals surface area contributed by atoms with E-state index in [2.05, 4.69) is 22.5 Å². The summed E-state index contributed by atoms with van der Waals surface area (Å²) < 4.78 is 15.1. The molecule has 2 aliphatic rings. The molecule has 2 unspecified atom stereocenters. The average Bonchev–Trinajstić information content (AvgIpc) is 3.14. The number of halogens is 1. The molecule has 2 aliphatic heterocycles. The van der Waals surface area contributed by atoms with Crippen molar-refractivity contribution < 1.29 is 14.0 Å². The van der Waals surface area contributed by atoms with Crippen LogP contribution in [0.25, 0.3) is 0 Å². The molecule has 2 aromatic carbocycles. The average molecular weight is 439 g/mol. The predicted molar refractivity (Wildman–Crippen MR) is 124 cm³/mol. The van der Waals surface area contributed by atoms with Gasteiger partial charge in [-0.15, -0.1) is 0 Å². The summed E-state index contributed by atoms with van der Waals surface area (Å²) in [7, 11) is 0. The number of benzene rings is 2. The van der Waals surface area contributed by atoms with Gasteiger partial charge >= 0.3 is 0 Å². The maximum Gasteiger partial charge on any atom is 0.223 e. The van der Waals surface area contributed by atoms with Crippen LogP contribution in [0.15, 0.2) is 36.4 Å². The number of rotatable bonds is 6. The number of carbonyl (C=O) groups is 2. The van der Waals surface area contributed by atoms with Gasteiger partial charge in [0.25, 0.3) is 0 Å². The Morgan fingerprint density at radius 2 is 1.88 bits per heavy atom. The molecule has 32 heavy (non-hydrogen) atoms. The molecular formula is C25H31FN4O2. The van der Waals surface area contributed by atoms with Crippen LogP contribution >= 0.6 is 0 Å². The smallest absolute Gasteiger partial charge is 0.223 e. The van der Waals surface area contributed by atoms with Crippen molar-refractivity contribution in [1.82, 2.24) is 5.32 Å². The molecule has 2 amide bonds. The summed E-state index contributed by atoms with van der Waals surface area (Å²) >= 11 is 0. The highest BCUT2D eigenvalue weighted by Crippen LogP contribution is 2.32. The normalized spacial score (nSPS) is 21.5. The van der Waals surface area contributed by atoms with E-state index in [4.69, 9.17) is 5.73 Å². The van der Waals surface area contributed by atoms with E-state index in [0.29, 0.717) is 17.7 Å². The number of nitrogens with one attached hydrogen (secondary N) is 2. The van der Waals surface area contributed by atoms with Crippen molar-refractivity contribution in [2.45, 2.75) is 45.6 Å². The van der Waals surface area contributed by atoms with Crippen molar-refractivity contribution in [1.29, 1.82) is 0 Å². The summed E-state index contributed by atoms with van der Waals surface area (Å²) in [6.45, 7) is 6.03. The van der Waals surface area contributed by atoms with Crippen molar-refractivity contribution in [3.63, 3.8) is 0 Å². The SMILES string of the molecule is Cc1c(N2CCC(C)CC2)ccc(Nc2ccc(CC3NC(=O)CC3C(N)=O)cc2)c1F. The molecule has 0 aliphatic carbocycles. The van der Waals surface area contributed by atoms with Crippen LogP contribution in [0, 0.1) is 24.6 Å². The highest BCUT2D eigenvalue weighted by Gasteiger charge is 2.36. The zero-order valence-corrected chi connectivity index (χ0v) is 18.7. The van der Waals surface area contributed by atoms with Crippen LogP contribution in [0.5, 0.6) is 0 Å². The van der Waals surface area contributed by atoms with Gasteiger partial charge in [0.2, 0.25) is 11.8 Å². The molecule has 170 valence electrons. The van der Waals surface area contributed by atoms with Gasteiger partial charge in [-0.2, -0.15) is 0 Å². The van der Waals surface area contributed by atoms with Gasteiger partial charge in [0.05, 0.1) is 11.6 Å². The Hall–Kier alpha value is -3.09. The van der Waals surface area contributed by atoms with Gasteiger partial charge in [0, 0.05) is 42.5 Å². The Labute approximate surface area is 188 Å². The predicted octanol–water partition coefficient (Wildman–Crippen LogP) is 3.65. The van der Waals surface area contributed by atoms with Gasteiger partial charge in [-0.25, -0.2) is 4.39 Å². The topological polar surface area (TPSA) is 87.5 Å². The molecule has 4 rings (SSSR count). The van der Waals surface area contributed by atoms with E-state index in [0.717, 1.165) is 48.8 Å². The molecule has 0 saturated carbocycles. The lowest BCUT2D eigenvalue weighted by atomic mass is 9.94. The molecule has 4 N–H and O–H groups in total. The standard InChI is InChI=1S/C25H31FN4O2/c1-15-9-11-30(12-10-15)22-8-7-20(24(26)16(22)2)28-18-5-3-17(4-6-18)13-21-19(25(27)32)14-23(31)29-21/h3-8,15,19,21,28H,9-14H2,1-2H3,(H2,27,32)(H,29,31). The van der Waals surface area contributed by atoms with Gasteiger partial charge in [-0.1, -0.05) is 19.1 Å². The second-order valence-electron chi connectivity index (χ2n) is 9.15. The van der Waals surface area contributed by atoms with Gasteiger partial charge in [-0.05, 0) is 61.9 Å². The van der Waals surface area contributed by atoms with Crippen LogP contribution in [0.4, 0.5) is 21.5 Å². The van der Waals surface area contributed by atoms with Crippen LogP contribution < -0.4 is 21.3 Å². The third-order valence-corrected chi connectivity index (χ3v) is 6.77. The summed E-state index contributed by atoms with van der Waals surface area (Å²) in [6, 6.07) is 11.1. The molecule has 2 heterocycles. The van der Waals surface area contributed by atoms with E-state index in [1.165, 1.54) is 0 Å². The molecule has 2 atom stereocenters. The lowest BCUT2D eigenvalue weighted by Crippen LogP contribution is -2.37. The molecule has 6 nitrogen and oxygen atoms in total. The van der Waals surface area contributed by atoms with Crippen LogP contribution in [-0.2, 0) is 16.0 Å². The number of piperidine rings is 1. The van der Waals surface area contributed by atoms with Gasteiger partial charge in [0.1, 0.15) is 0 Å². The van der Waals surface area contributed by atoms with Crippen molar-refractivity contribution in [3.05, 3.63) is 53.3 Å². The van der Waals surface area contributed by atoms with Crippen LogP contribution in [0.3, 0.4) is 0 Å². The summed E-state index contributed by atoms with van der Waals surface area (Å²) in [5, 5.41) is 6.00. The van der Waals surface area contributed by atoms with Crippen molar-refractivity contribution in [2.24, 2.45) is 17.6 Å². The van der Waals surface area contributed by atoms with Crippen molar-refractivity contribution in [2.75, 3.05) is 23.3 Å². The molecule has 2 aromatic rings. The maximum absolute atomic E-state index is 15.1. The molecule has 0 aromatic heterocycles. The highest BCUT2D eigenvalue weighted by molar-refractivity contribution is 5.89. The highest BCUT2D eigenvalue weighted by atomic mass is 19.1. The Balaban J connectivity index is 1.43. The molecular weight excluding hydrogens is 407 g/mol. The maximum atomic E-state index is 15.1. The zero-order chi connectivity index (χ0) is 22.8.